The van der Waals surface area contributed by atoms with Gasteiger partial charge in [0.1, 0.15) is 5.60 Å². The zero-order valence-corrected chi connectivity index (χ0v) is 16.3. The third-order valence-corrected chi connectivity index (χ3v) is 4.43. The fourth-order valence-electron chi connectivity index (χ4n) is 3.09. The molecule has 25 heavy (non-hydrogen) atoms. The number of hydrogen-bond acceptors (Lipinski definition) is 5. The molecule has 1 fully saturated rings. The van der Waals surface area contributed by atoms with Crippen LogP contribution < -0.4 is 0 Å². The van der Waals surface area contributed by atoms with Crippen molar-refractivity contribution in [2.45, 2.75) is 90.7 Å². The Hall–Kier alpha value is -1.59. The van der Waals surface area contributed by atoms with Crippen molar-refractivity contribution < 1.29 is 23.9 Å². The fraction of sp³-hybridized carbons (Fsp3) is 0.842. The summed E-state index contributed by atoms with van der Waals surface area (Å²) in [5.41, 5.74) is -0.621. The Morgan fingerprint density at radius 2 is 1.92 bits per heavy atom. The average molecular weight is 355 g/mol. The van der Waals surface area contributed by atoms with Gasteiger partial charge in [-0.15, -0.1) is 0 Å². The molecule has 0 N–H and O–H groups in total. The molecule has 0 saturated carbocycles. The van der Waals surface area contributed by atoms with Gasteiger partial charge in [0.05, 0.1) is 13.0 Å². The Morgan fingerprint density at radius 1 is 1.24 bits per heavy atom. The van der Waals surface area contributed by atoms with Crippen molar-refractivity contribution in [3.8, 4) is 0 Å². The third kappa shape index (κ3) is 7.45. The zero-order valence-electron chi connectivity index (χ0n) is 16.3. The first-order valence-electron chi connectivity index (χ1n) is 9.28. The molecule has 1 heterocycles. The molecular weight excluding hydrogens is 322 g/mol. The van der Waals surface area contributed by atoms with Crippen LogP contribution in [-0.2, 0) is 19.1 Å². The first-order chi connectivity index (χ1) is 11.7. The van der Waals surface area contributed by atoms with Gasteiger partial charge >= 0.3 is 12.1 Å². The van der Waals surface area contributed by atoms with Crippen molar-refractivity contribution in [2.75, 3.05) is 7.11 Å². The second kappa shape index (κ2) is 9.78. The first-order valence-corrected chi connectivity index (χ1v) is 9.28. The average Bonchev–Trinajstić information content (AvgIpc) is 2.70. The van der Waals surface area contributed by atoms with Gasteiger partial charge in [0.25, 0.3) is 0 Å². The predicted molar refractivity (Wildman–Crippen MR) is 95.0 cm³/mol. The normalized spacial score (nSPS) is 20.0. The zero-order chi connectivity index (χ0) is 19.0. The summed E-state index contributed by atoms with van der Waals surface area (Å²) in [5, 5.41) is 0. The summed E-state index contributed by atoms with van der Waals surface area (Å²) in [4.78, 5) is 37.6. The van der Waals surface area contributed by atoms with Crippen LogP contribution in [0.15, 0.2) is 0 Å². The van der Waals surface area contributed by atoms with Crippen molar-refractivity contribution in [1.82, 2.24) is 4.90 Å². The second-order valence-electron chi connectivity index (χ2n) is 7.85. The molecule has 1 aliphatic rings. The largest absolute Gasteiger partial charge is 0.469 e. The lowest BCUT2D eigenvalue weighted by Gasteiger charge is -2.31. The highest BCUT2D eigenvalue weighted by Gasteiger charge is 2.34. The smallest absolute Gasteiger partial charge is 0.417 e. The third-order valence-electron chi connectivity index (χ3n) is 4.43. The molecule has 1 saturated heterocycles. The molecule has 6 heteroatoms. The van der Waals surface area contributed by atoms with Crippen molar-refractivity contribution in [2.24, 2.45) is 5.92 Å². The van der Waals surface area contributed by atoms with E-state index in [1.165, 1.54) is 12.0 Å². The minimum Gasteiger partial charge on any atom is -0.469 e. The van der Waals surface area contributed by atoms with Gasteiger partial charge in [-0.3, -0.25) is 9.59 Å². The monoisotopic (exact) mass is 355 g/mol. The molecule has 144 valence electrons. The second-order valence-corrected chi connectivity index (χ2v) is 7.85. The van der Waals surface area contributed by atoms with E-state index in [0.29, 0.717) is 6.42 Å². The number of unbranched alkanes of at least 4 members (excludes halogenated alkanes) is 1. The van der Waals surface area contributed by atoms with E-state index in [1.54, 1.807) is 20.8 Å². The quantitative estimate of drug-likeness (QED) is 0.530. The van der Waals surface area contributed by atoms with Gasteiger partial charge < -0.3 is 9.47 Å². The number of carbonyl (C=O) groups is 3. The summed E-state index contributed by atoms with van der Waals surface area (Å²) in [6.07, 6.45) is 5.65. The van der Waals surface area contributed by atoms with E-state index in [0.717, 1.165) is 44.9 Å². The maximum absolute atomic E-state index is 12.5. The lowest BCUT2D eigenvalue weighted by Crippen LogP contribution is -2.46. The van der Waals surface area contributed by atoms with Crippen molar-refractivity contribution in [3.05, 3.63) is 0 Å². The molecule has 0 radical (unpaired) electrons. The molecule has 0 bridgehead atoms. The Kier molecular flexibility index (Phi) is 8.39. The molecule has 1 rings (SSSR count). The molecule has 0 aromatic heterocycles. The summed E-state index contributed by atoms with van der Waals surface area (Å²) in [6.45, 7) is 7.26. The molecule has 0 aliphatic carbocycles. The van der Waals surface area contributed by atoms with E-state index in [-0.39, 0.29) is 23.8 Å². The number of carbonyl (C=O) groups excluding carboxylic acids is 3. The highest BCUT2D eigenvalue weighted by molar-refractivity contribution is 5.92. The van der Waals surface area contributed by atoms with E-state index >= 15 is 0 Å². The summed E-state index contributed by atoms with van der Waals surface area (Å²) >= 11 is 0. The molecular formula is C19H33NO5. The van der Waals surface area contributed by atoms with Gasteiger partial charge in [-0.1, -0.05) is 26.2 Å². The topological polar surface area (TPSA) is 72.9 Å². The van der Waals surface area contributed by atoms with E-state index < -0.39 is 11.7 Å². The number of rotatable bonds is 6. The van der Waals surface area contributed by atoms with Crippen LogP contribution in [-0.4, -0.2) is 41.6 Å². The van der Waals surface area contributed by atoms with Gasteiger partial charge in [0.15, 0.2) is 0 Å². The van der Waals surface area contributed by atoms with Crippen molar-refractivity contribution >= 4 is 18.0 Å². The van der Waals surface area contributed by atoms with E-state index in [4.69, 9.17) is 9.47 Å². The predicted octanol–water partition coefficient (Wildman–Crippen LogP) is 4.06. The number of imide groups is 1. The van der Waals surface area contributed by atoms with Crippen LogP contribution in [0.3, 0.4) is 0 Å². The van der Waals surface area contributed by atoms with Crippen molar-refractivity contribution in [1.29, 1.82) is 0 Å². The Morgan fingerprint density at radius 3 is 2.52 bits per heavy atom. The van der Waals surface area contributed by atoms with Gasteiger partial charge in [-0.2, -0.15) is 0 Å². The molecule has 0 aromatic rings. The van der Waals surface area contributed by atoms with Crippen LogP contribution in [0.4, 0.5) is 4.79 Å². The van der Waals surface area contributed by atoms with E-state index in [1.807, 2.05) is 6.92 Å². The highest BCUT2D eigenvalue weighted by atomic mass is 16.6. The molecule has 6 nitrogen and oxygen atoms in total. The standard InChI is InChI=1S/C19H33NO5/c1-14(17(22)24-5)10-6-7-11-15-12-8-9-13-16(21)20(15)18(23)25-19(2,3)4/h14-15H,6-13H2,1-5H3/t14-,15+/m0/s1. The van der Waals surface area contributed by atoms with Crippen LogP contribution >= 0.6 is 0 Å². The maximum Gasteiger partial charge on any atom is 0.417 e. The van der Waals surface area contributed by atoms with Crippen LogP contribution in [0.25, 0.3) is 0 Å². The Bertz CT molecular complexity index is 469. The molecule has 0 unspecified atom stereocenters. The number of esters is 1. The maximum atomic E-state index is 12.5. The fourth-order valence-corrected chi connectivity index (χ4v) is 3.09. The van der Waals surface area contributed by atoms with Gasteiger partial charge in [0, 0.05) is 12.5 Å². The van der Waals surface area contributed by atoms with Crippen LogP contribution in [0, 0.1) is 5.92 Å². The first kappa shape index (κ1) is 21.5. The minimum absolute atomic E-state index is 0.113. The number of nitrogens with zero attached hydrogens (tertiary/aromatic N) is 1. The number of ether oxygens (including phenoxy) is 2. The van der Waals surface area contributed by atoms with Gasteiger partial charge in [-0.25, -0.2) is 9.69 Å². The van der Waals surface area contributed by atoms with E-state index in [9.17, 15) is 14.4 Å². The molecule has 2 amide bonds. The number of methoxy groups -OCH3 is 1. The highest BCUT2D eigenvalue weighted by Crippen LogP contribution is 2.25. The van der Waals surface area contributed by atoms with Crippen LogP contribution in [0.2, 0.25) is 0 Å². The molecule has 0 spiro atoms. The summed E-state index contributed by atoms with van der Waals surface area (Å²) in [6, 6.07) is -0.113. The lowest BCUT2D eigenvalue weighted by molar-refractivity contribution is -0.145. The number of amides is 2. The SMILES string of the molecule is COC(=O)[C@@H](C)CCCC[C@@H]1CCCCC(=O)N1C(=O)OC(C)(C)C. The Balaban J connectivity index is 2.61. The van der Waals surface area contributed by atoms with Crippen molar-refractivity contribution in [3.63, 3.8) is 0 Å². The summed E-state index contributed by atoms with van der Waals surface area (Å²) in [7, 11) is 1.40. The van der Waals surface area contributed by atoms with E-state index in [2.05, 4.69) is 0 Å². The van der Waals surface area contributed by atoms with Gasteiger partial charge in [-0.05, 0) is 46.5 Å². The molecule has 0 aromatic carbocycles. The number of hydrogen-bond donors (Lipinski definition) is 0. The molecule has 1 aliphatic heterocycles. The number of likely N-dealkylation sites (tertiary alicyclic amines) is 1. The summed E-state index contributed by atoms with van der Waals surface area (Å²) in [5.74, 6) is -0.456. The minimum atomic E-state index is -0.621. The molecule has 2 atom stereocenters. The summed E-state index contributed by atoms with van der Waals surface area (Å²) < 4.78 is 10.2. The van der Waals surface area contributed by atoms with Crippen LogP contribution in [0.5, 0.6) is 0 Å². The van der Waals surface area contributed by atoms with Gasteiger partial charge in [0.2, 0.25) is 5.91 Å². The van der Waals surface area contributed by atoms with Crippen LogP contribution in [0.1, 0.15) is 79.1 Å². The Labute approximate surface area is 151 Å². The lowest BCUT2D eigenvalue weighted by atomic mass is 9.99.